The zero-order chi connectivity index (χ0) is 15.8. The summed E-state index contributed by atoms with van der Waals surface area (Å²) in [5, 5.41) is 0. The van der Waals surface area contributed by atoms with Crippen LogP contribution in [0.2, 0.25) is 0 Å². The van der Waals surface area contributed by atoms with Gasteiger partial charge in [0.05, 0.1) is 6.61 Å². The summed E-state index contributed by atoms with van der Waals surface area (Å²) in [6, 6.07) is 0.576. The molecule has 2 atom stereocenters. The minimum atomic E-state index is 0.239. The summed E-state index contributed by atoms with van der Waals surface area (Å²) in [6.45, 7) is 11.7. The van der Waals surface area contributed by atoms with E-state index in [1.54, 1.807) is 7.11 Å². The molecule has 3 nitrogen and oxygen atoms in total. The molecule has 1 aliphatic rings. The summed E-state index contributed by atoms with van der Waals surface area (Å²) in [5.41, 5.74) is 0. The van der Waals surface area contributed by atoms with E-state index in [-0.39, 0.29) is 5.92 Å². The fourth-order valence-corrected chi connectivity index (χ4v) is 3.65. The number of rotatable bonds is 9. The lowest BCUT2D eigenvalue weighted by Gasteiger charge is -2.37. The van der Waals surface area contributed by atoms with Crippen LogP contribution in [0.5, 0.6) is 0 Å². The lowest BCUT2D eigenvalue weighted by molar-refractivity contribution is -0.127. The number of methoxy groups -OCH3 is 1. The summed E-state index contributed by atoms with van der Waals surface area (Å²) in [5.74, 6) is 2.14. The Kier molecular flexibility index (Phi) is 8.50. The molecular formula is C18H35NO2. The average Bonchev–Trinajstić information content (AvgIpc) is 2.47. The van der Waals surface area contributed by atoms with Gasteiger partial charge < -0.3 is 4.74 Å². The van der Waals surface area contributed by atoms with Crippen LogP contribution in [-0.2, 0) is 9.53 Å². The van der Waals surface area contributed by atoms with Crippen LogP contribution in [0.3, 0.4) is 0 Å². The summed E-state index contributed by atoms with van der Waals surface area (Å²) in [7, 11) is 1.76. The van der Waals surface area contributed by atoms with Crippen molar-refractivity contribution in [2.24, 2.45) is 17.8 Å². The predicted molar refractivity (Wildman–Crippen MR) is 88.5 cm³/mol. The van der Waals surface area contributed by atoms with Crippen molar-refractivity contribution in [3.05, 3.63) is 0 Å². The molecule has 2 unspecified atom stereocenters. The maximum atomic E-state index is 12.3. The van der Waals surface area contributed by atoms with E-state index in [0.29, 0.717) is 17.7 Å². The molecule has 0 radical (unpaired) electrons. The zero-order valence-electron chi connectivity index (χ0n) is 14.7. The molecule has 3 heteroatoms. The number of ether oxygens (including phenoxy) is 1. The summed E-state index contributed by atoms with van der Waals surface area (Å²) in [4.78, 5) is 14.8. The van der Waals surface area contributed by atoms with Crippen molar-refractivity contribution in [2.75, 3.05) is 26.8 Å². The van der Waals surface area contributed by atoms with Gasteiger partial charge in [-0.1, -0.05) is 27.7 Å². The molecule has 0 aromatic carbocycles. The summed E-state index contributed by atoms with van der Waals surface area (Å²) < 4.78 is 5.26. The van der Waals surface area contributed by atoms with Crippen LogP contribution >= 0.6 is 0 Å². The Hall–Kier alpha value is -0.410. The van der Waals surface area contributed by atoms with Gasteiger partial charge in [-0.3, -0.25) is 9.69 Å². The molecule has 1 aliphatic carbocycles. The fraction of sp³-hybridized carbons (Fsp3) is 0.944. The number of Topliss-reactive ketones (excluding diaryl/α,β-unsaturated/α-hetero) is 1. The molecule has 0 aliphatic heterocycles. The highest BCUT2D eigenvalue weighted by Gasteiger charge is 2.32. The van der Waals surface area contributed by atoms with Crippen LogP contribution in [0.4, 0.5) is 0 Å². The Labute approximate surface area is 131 Å². The van der Waals surface area contributed by atoms with Crippen molar-refractivity contribution in [1.82, 2.24) is 4.90 Å². The van der Waals surface area contributed by atoms with Gasteiger partial charge in [0.2, 0.25) is 0 Å². The smallest absolute Gasteiger partial charge is 0.137 e. The third-order valence-electron chi connectivity index (χ3n) is 5.24. The molecule has 0 spiro atoms. The van der Waals surface area contributed by atoms with Crippen molar-refractivity contribution < 1.29 is 9.53 Å². The summed E-state index contributed by atoms with van der Waals surface area (Å²) in [6.07, 6.45) is 5.26. The first-order chi connectivity index (χ1) is 10.0. The van der Waals surface area contributed by atoms with Gasteiger partial charge in [-0.2, -0.15) is 0 Å². The van der Waals surface area contributed by atoms with E-state index in [9.17, 15) is 4.79 Å². The van der Waals surface area contributed by atoms with Crippen LogP contribution in [0.1, 0.15) is 59.8 Å². The molecule has 0 bridgehead atoms. The van der Waals surface area contributed by atoms with E-state index in [1.807, 2.05) is 0 Å². The van der Waals surface area contributed by atoms with Crippen molar-refractivity contribution in [3.8, 4) is 0 Å². The quantitative estimate of drug-likeness (QED) is 0.649. The molecular weight excluding hydrogens is 262 g/mol. The Balaban J connectivity index is 2.68. The van der Waals surface area contributed by atoms with E-state index in [2.05, 4.69) is 32.6 Å². The zero-order valence-corrected chi connectivity index (χ0v) is 14.7. The third kappa shape index (κ3) is 5.71. The average molecular weight is 297 g/mol. The molecule has 0 aromatic rings. The standard InChI is InChI=1S/C18H35NO2/c1-6-17(7-2)19(10-11-21-5)13-16-12-15(14(3)4)8-9-18(16)20/h14-17H,6-13H2,1-5H3. The number of carbonyl (C=O) groups excluding carboxylic acids is 1. The van der Waals surface area contributed by atoms with E-state index >= 15 is 0 Å². The van der Waals surface area contributed by atoms with E-state index in [0.717, 1.165) is 57.7 Å². The Morgan fingerprint density at radius 3 is 2.48 bits per heavy atom. The first-order valence-electron chi connectivity index (χ1n) is 8.79. The highest BCUT2D eigenvalue weighted by molar-refractivity contribution is 5.82. The second-order valence-electron chi connectivity index (χ2n) is 6.90. The van der Waals surface area contributed by atoms with E-state index in [1.165, 1.54) is 0 Å². The number of ketones is 1. The predicted octanol–water partition coefficient (Wildman–Crippen LogP) is 3.76. The number of nitrogens with zero attached hydrogens (tertiary/aromatic N) is 1. The van der Waals surface area contributed by atoms with Gasteiger partial charge in [0.1, 0.15) is 5.78 Å². The van der Waals surface area contributed by atoms with Gasteiger partial charge in [0.25, 0.3) is 0 Å². The molecule has 0 amide bonds. The van der Waals surface area contributed by atoms with Gasteiger partial charge in [-0.05, 0) is 37.5 Å². The minimum absolute atomic E-state index is 0.239. The number of hydrogen-bond acceptors (Lipinski definition) is 3. The molecule has 0 N–H and O–H groups in total. The lowest BCUT2D eigenvalue weighted by atomic mass is 9.75. The van der Waals surface area contributed by atoms with Crippen LogP contribution in [0, 0.1) is 17.8 Å². The van der Waals surface area contributed by atoms with Crippen LogP contribution in [0.15, 0.2) is 0 Å². The molecule has 1 saturated carbocycles. The van der Waals surface area contributed by atoms with Gasteiger partial charge in [0.15, 0.2) is 0 Å². The summed E-state index contributed by atoms with van der Waals surface area (Å²) >= 11 is 0. The molecule has 1 rings (SSSR count). The maximum absolute atomic E-state index is 12.3. The third-order valence-corrected chi connectivity index (χ3v) is 5.24. The van der Waals surface area contributed by atoms with Crippen molar-refractivity contribution in [3.63, 3.8) is 0 Å². The molecule has 21 heavy (non-hydrogen) atoms. The normalized spacial score (nSPS) is 23.5. The first kappa shape index (κ1) is 18.6. The fourth-order valence-electron chi connectivity index (χ4n) is 3.65. The van der Waals surface area contributed by atoms with Crippen LogP contribution in [0.25, 0.3) is 0 Å². The van der Waals surface area contributed by atoms with E-state index in [4.69, 9.17) is 4.74 Å². The topological polar surface area (TPSA) is 29.5 Å². The van der Waals surface area contributed by atoms with Crippen molar-refractivity contribution in [1.29, 1.82) is 0 Å². The van der Waals surface area contributed by atoms with Gasteiger partial charge in [0, 0.05) is 38.6 Å². The molecule has 124 valence electrons. The number of carbonyl (C=O) groups is 1. The van der Waals surface area contributed by atoms with E-state index < -0.39 is 0 Å². The van der Waals surface area contributed by atoms with Crippen molar-refractivity contribution in [2.45, 2.75) is 65.8 Å². The first-order valence-corrected chi connectivity index (χ1v) is 8.79. The second-order valence-corrected chi connectivity index (χ2v) is 6.90. The largest absolute Gasteiger partial charge is 0.383 e. The highest BCUT2D eigenvalue weighted by Crippen LogP contribution is 2.32. The number of hydrogen-bond donors (Lipinski definition) is 0. The Morgan fingerprint density at radius 2 is 1.95 bits per heavy atom. The minimum Gasteiger partial charge on any atom is -0.383 e. The Morgan fingerprint density at radius 1 is 1.29 bits per heavy atom. The SMILES string of the molecule is CCC(CC)N(CCOC)CC1CC(C(C)C)CCC1=O. The Bertz CT molecular complexity index is 300. The van der Waals surface area contributed by atoms with Crippen molar-refractivity contribution >= 4 is 5.78 Å². The van der Waals surface area contributed by atoms with Crippen LogP contribution in [-0.4, -0.2) is 43.5 Å². The van der Waals surface area contributed by atoms with Gasteiger partial charge in [-0.25, -0.2) is 0 Å². The maximum Gasteiger partial charge on any atom is 0.137 e. The molecule has 1 fully saturated rings. The van der Waals surface area contributed by atoms with Gasteiger partial charge >= 0.3 is 0 Å². The lowest BCUT2D eigenvalue weighted by Crippen LogP contribution is -2.43. The monoisotopic (exact) mass is 297 g/mol. The molecule has 0 aromatic heterocycles. The highest BCUT2D eigenvalue weighted by atomic mass is 16.5. The van der Waals surface area contributed by atoms with Crippen LogP contribution < -0.4 is 0 Å². The molecule has 0 saturated heterocycles. The molecule has 0 heterocycles. The van der Waals surface area contributed by atoms with Gasteiger partial charge in [-0.15, -0.1) is 0 Å². The second kappa shape index (κ2) is 9.58.